The molecule has 0 amide bonds. The molecule has 86 heavy (non-hydrogen) atoms. The molecule has 0 fully saturated rings. The molecule has 0 spiro atoms. The van der Waals surface area contributed by atoms with E-state index in [2.05, 4.69) is 303 Å². The molecule has 0 bridgehead atoms. The maximum Gasteiger partial charge on any atom is 0.135 e. The van der Waals surface area contributed by atoms with Gasteiger partial charge in [-0.05, 0) is 200 Å². The van der Waals surface area contributed by atoms with E-state index >= 15 is 0 Å². The van der Waals surface area contributed by atoms with Crippen LogP contribution in [0.5, 0.6) is 0 Å². The molecule has 16 aromatic rings. The fourth-order valence-corrected chi connectivity index (χ4v) is 12.9. The third kappa shape index (κ3) is 8.95. The van der Waals surface area contributed by atoms with Gasteiger partial charge in [0.05, 0.1) is 11.4 Å². The lowest BCUT2D eigenvalue weighted by Crippen LogP contribution is -2.13. The van der Waals surface area contributed by atoms with Crippen molar-refractivity contribution in [3.8, 4) is 55.6 Å². The monoisotopic (exact) mass is 1100 g/mol. The predicted molar refractivity (Wildman–Crippen MR) is 362 cm³/mol. The fourth-order valence-electron chi connectivity index (χ4n) is 12.9. The zero-order valence-corrected chi connectivity index (χ0v) is 47.6. The van der Waals surface area contributed by atoms with E-state index in [0.29, 0.717) is 0 Å². The molecule has 4 heteroatoms. The lowest BCUT2D eigenvalue weighted by Gasteiger charge is -2.30. The van der Waals surface area contributed by atoms with Crippen LogP contribution >= 0.6 is 0 Å². The highest BCUT2D eigenvalue weighted by Gasteiger charge is 2.23. The Bertz CT molecular complexity index is 4950. The molecule has 16 rings (SSSR count). The predicted octanol–water partition coefficient (Wildman–Crippen LogP) is 23.7. The topological polar surface area (TPSA) is 32.8 Å². The quantitative estimate of drug-likeness (QED) is 0.129. The minimum atomic E-state index is 0.894. The van der Waals surface area contributed by atoms with Gasteiger partial charge in [0.15, 0.2) is 0 Å². The molecular formula is C82H56N2O2. The SMILES string of the molecule is Cc1cc(-c2ccc(N(c3ccc(-c4ccc5oc6ccccc6c5c4)cc3)c3ccccc3-c3ccc4ccccc4c3)c(C)c2)ccc1N(c1ccc(-c2ccc3oc4ccccc4c3c2)cc1)c1ccccc1-c1ccc2ccccc2c1. The van der Waals surface area contributed by atoms with Crippen molar-refractivity contribution >= 4 is 99.5 Å². The minimum absolute atomic E-state index is 0.894. The summed E-state index contributed by atoms with van der Waals surface area (Å²) in [7, 11) is 0. The van der Waals surface area contributed by atoms with Gasteiger partial charge in [0, 0.05) is 55.4 Å². The molecule has 0 atom stereocenters. The van der Waals surface area contributed by atoms with E-state index in [9.17, 15) is 0 Å². The molecule has 0 unspecified atom stereocenters. The Morgan fingerprint density at radius 1 is 0.221 bits per heavy atom. The van der Waals surface area contributed by atoms with Gasteiger partial charge >= 0.3 is 0 Å². The average Bonchev–Trinajstić information content (AvgIpc) is 4.04. The van der Waals surface area contributed by atoms with E-state index in [0.717, 1.165) is 145 Å². The van der Waals surface area contributed by atoms with Crippen LogP contribution in [0.25, 0.3) is 121 Å². The molecule has 14 aromatic carbocycles. The number of anilines is 6. The Morgan fingerprint density at radius 3 is 1.00 bits per heavy atom. The second kappa shape index (κ2) is 20.9. The standard InChI is InChI=1S/C82H56N2O2/c1-53-47-61(35-43-75(53)83(77-23-11-7-19-69(77)65-29-27-55-15-3-5-17-59(55)49-65)67-39-31-57(32-40-67)63-37-45-81-73(51-63)71-21-9-13-25-79(71)85-81)62-36-44-76(54(2)48-62)84(78-24-12-8-20-70(78)66-30-28-56-16-4-6-18-60(56)50-66)68-41-33-58(34-42-68)64-38-46-82-74(52-64)72-22-10-14-26-80(72)86-82/h3-52H,1-2H3. The van der Waals surface area contributed by atoms with Gasteiger partial charge in [0.1, 0.15) is 22.3 Å². The van der Waals surface area contributed by atoms with E-state index < -0.39 is 0 Å². The van der Waals surface area contributed by atoms with Crippen LogP contribution in [0.4, 0.5) is 34.1 Å². The van der Waals surface area contributed by atoms with Crippen molar-refractivity contribution in [2.75, 3.05) is 9.80 Å². The van der Waals surface area contributed by atoms with Crippen molar-refractivity contribution < 1.29 is 8.83 Å². The summed E-state index contributed by atoms with van der Waals surface area (Å²) >= 11 is 0. The van der Waals surface area contributed by atoms with E-state index in [1.54, 1.807) is 0 Å². The third-order valence-electron chi connectivity index (χ3n) is 17.3. The molecule has 0 radical (unpaired) electrons. The Balaban J connectivity index is 0.783. The molecule has 2 heterocycles. The number of para-hydroxylation sites is 4. The number of hydrogen-bond donors (Lipinski definition) is 0. The lowest BCUT2D eigenvalue weighted by molar-refractivity contribution is 0.668. The largest absolute Gasteiger partial charge is 0.456 e. The summed E-state index contributed by atoms with van der Waals surface area (Å²) in [4.78, 5) is 4.87. The Hall–Kier alpha value is -11.2. The first kappa shape index (κ1) is 50.5. The van der Waals surface area contributed by atoms with Gasteiger partial charge in [-0.2, -0.15) is 0 Å². The summed E-state index contributed by atoms with van der Waals surface area (Å²) in [5, 5.41) is 9.35. The normalized spacial score (nSPS) is 11.6. The molecule has 0 saturated carbocycles. The smallest absolute Gasteiger partial charge is 0.135 e. The highest BCUT2D eigenvalue weighted by atomic mass is 16.3. The summed E-state index contributed by atoms with van der Waals surface area (Å²) in [6.07, 6.45) is 0. The Kier molecular flexibility index (Phi) is 12.3. The van der Waals surface area contributed by atoms with E-state index in [4.69, 9.17) is 8.83 Å². The first-order valence-corrected chi connectivity index (χ1v) is 29.4. The van der Waals surface area contributed by atoms with Crippen LogP contribution in [-0.2, 0) is 0 Å². The zero-order valence-electron chi connectivity index (χ0n) is 47.6. The van der Waals surface area contributed by atoms with E-state index in [-0.39, 0.29) is 0 Å². The Labute approximate surface area is 499 Å². The number of aryl methyl sites for hydroxylation is 2. The number of nitrogens with zero attached hydrogens (tertiary/aromatic N) is 2. The molecule has 2 aromatic heterocycles. The molecular weight excluding hydrogens is 1040 g/mol. The van der Waals surface area contributed by atoms with Gasteiger partial charge in [-0.15, -0.1) is 0 Å². The highest BCUT2D eigenvalue weighted by Crippen LogP contribution is 2.47. The molecule has 406 valence electrons. The number of fused-ring (bicyclic) bond motifs is 8. The average molecular weight is 1100 g/mol. The molecule has 0 aliphatic heterocycles. The maximum absolute atomic E-state index is 6.21. The van der Waals surface area contributed by atoms with Gasteiger partial charge in [-0.1, -0.05) is 194 Å². The van der Waals surface area contributed by atoms with Crippen LogP contribution in [0.1, 0.15) is 11.1 Å². The second-order valence-corrected chi connectivity index (χ2v) is 22.5. The minimum Gasteiger partial charge on any atom is -0.456 e. The van der Waals surface area contributed by atoms with Crippen molar-refractivity contribution in [1.82, 2.24) is 0 Å². The van der Waals surface area contributed by atoms with Gasteiger partial charge in [-0.3, -0.25) is 0 Å². The molecule has 0 aliphatic rings. The fraction of sp³-hybridized carbons (Fsp3) is 0.0244. The van der Waals surface area contributed by atoms with Crippen LogP contribution in [-0.4, -0.2) is 0 Å². The lowest BCUT2D eigenvalue weighted by atomic mass is 9.96. The molecule has 4 nitrogen and oxygen atoms in total. The van der Waals surface area contributed by atoms with Crippen molar-refractivity contribution in [3.05, 3.63) is 314 Å². The van der Waals surface area contributed by atoms with E-state index in [1.807, 2.05) is 24.3 Å². The number of benzene rings is 14. The third-order valence-corrected chi connectivity index (χ3v) is 17.3. The number of rotatable bonds is 11. The number of furan rings is 2. The highest BCUT2D eigenvalue weighted by molar-refractivity contribution is 6.08. The van der Waals surface area contributed by atoms with Crippen molar-refractivity contribution in [2.24, 2.45) is 0 Å². The van der Waals surface area contributed by atoms with Gasteiger partial charge in [0.2, 0.25) is 0 Å². The molecule has 0 N–H and O–H groups in total. The summed E-state index contributed by atoms with van der Waals surface area (Å²) in [5.74, 6) is 0. The molecule has 0 aliphatic carbocycles. The summed E-state index contributed by atoms with van der Waals surface area (Å²) in [6.45, 7) is 4.49. The summed E-state index contributed by atoms with van der Waals surface area (Å²) in [6, 6.07) is 110. The summed E-state index contributed by atoms with van der Waals surface area (Å²) < 4.78 is 12.4. The first-order chi connectivity index (χ1) is 42.4. The van der Waals surface area contributed by atoms with Crippen LogP contribution in [0.15, 0.2) is 312 Å². The van der Waals surface area contributed by atoms with Gasteiger partial charge in [-0.25, -0.2) is 0 Å². The van der Waals surface area contributed by atoms with Crippen LogP contribution in [0.2, 0.25) is 0 Å². The summed E-state index contributed by atoms with van der Waals surface area (Å²) in [5.41, 5.74) is 23.9. The number of hydrogen-bond acceptors (Lipinski definition) is 4. The second-order valence-electron chi connectivity index (χ2n) is 22.5. The van der Waals surface area contributed by atoms with Crippen molar-refractivity contribution in [3.63, 3.8) is 0 Å². The zero-order chi connectivity index (χ0) is 57.2. The Morgan fingerprint density at radius 2 is 0.558 bits per heavy atom. The van der Waals surface area contributed by atoms with Crippen LogP contribution in [0.3, 0.4) is 0 Å². The maximum atomic E-state index is 6.21. The van der Waals surface area contributed by atoms with E-state index in [1.165, 1.54) is 21.5 Å². The van der Waals surface area contributed by atoms with Crippen LogP contribution < -0.4 is 9.80 Å². The molecule has 0 saturated heterocycles. The van der Waals surface area contributed by atoms with Crippen LogP contribution in [0, 0.1) is 13.8 Å². The van der Waals surface area contributed by atoms with Gasteiger partial charge < -0.3 is 18.6 Å². The first-order valence-electron chi connectivity index (χ1n) is 29.4. The van der Waals surface area contributed by atoms with Crippen molar-refractivity contribution in [2.45, 2.75) is 13.8 Å². The van der Waals surface area contributed by atoms with Gasteiger partial charge in [0.25, 0.3) is 0 Å². The van der Waals surface area contributed by atoms with Crippen molar-refractivity contribution in [1.29, 1.82) is 0 Å².